The van der Waals surface area contributed by atoms with Gasteiger partial charge in [-0.25, -0.2) is 0 Å². The summed E-state index contributed by atoms with van der Waals surface area (Å²) in [5, 5.41) is 3.41. The summed E-state index contributed by atoms with van der Waals surface area (Å²) in [6, 6.07) is 0.495. The second-order valence-corrected chi connectivity index (χ2v) is 5.39. The van der Waals surface area contributed by atoms with E-state index in [0.717, 1.165) is 13.2 Å². The highest BCUT2D eigenvalue weighted by atomic mass is 16.5. The van der Waals surface area contributed by atoms with Crippen LogP contribution in [0.5, 0.6) is 0 Å². The van der Waals surface area contributed by atoms with E-state index in [-0.39, 0.29) is 6.10 Å². The molecule has 0 heterocycles. The SMILES string of the molecule is CCCCC(CC)COC(CNC(C)C)COC. The van der Waals surface area contributed by atoms with Crippen molar-refractivity contribution in [3.8, 4) is 0 Å². The molecular formula is C15H33NO2. The summed E-state index contributed by atoms with van der Waals surface area (Å²) in [5.41, 5.74) is 0. The lowest BCUT2D eigenvalue weighted by atomic mass is 10.0. The van der Waals surface area contributed by atoms with Crippen molar-refractivity contribution in [2.45, 2.75) is 65.5 Å². The van der Waals surface area contributed by atoms with E-state index in [1.165, 1.54) is 25.7 Å². The molecule has 0 saturated carbocycles. The van der Waals surface area contributed by atoms with Crippen LogP contribution in [0.15, 0.2) is 0 Å². The molecule has 3 nitrogen and oxygen atoms in total. The molecule has 0 aliphatic rings. The summed E-state index contributed by atoms with van der Waals surface area (Å²) in [5.74, 6) is 0.698. The first kappa shape index (κ1) is 17.9. The van der Waals surface area contributed by atoms with Crippen LogP contribution < -0.4 is 5.32 Å². The third-order valence-electron chi connectivity index (χ3n) is 3.22. The molecule has 0 aliphatic heterocycles. The van der Waals surface area contributed by atoms with E-state index < -0.39 is 0 Å². The summed E-state index contributed by atoms with van der Waals surface area (Å²) >= 11 is 0. The van der Waals surface area contributed by atoms with Crippen molar-refractivity contribution in [2.24, 2.45) is 5.92 Å². The predicted octanol–water partition coefficient (Wildman–Crippen LogP) is 3.23. The van der Waals surface area contributed by atoms with Crippen molar-refractivity contribution < 1.29 is 9.47 Å². The lowest BCUT2D eigenvalue weighted by Gasteiger charge is -2.22. The number of ether oxygens (including phenoxy) is 2. The standard InChI is InChI=1S/C15H33NO2/c1-6-8-9-14(7-2)11-18-15(12-17-5)10-16-13(3)4/h13-16H,6-12H2,1-5H3. The van der Waals surface area contributed by atoms with Gasteiger partial charge in [0.15, 0.2) is 0 Å². The van der Waals surface area contributed by atoms with Crippen LogP contribution in [-0.4, -0.2) is 39.0 Å². The van der Waals surface area contributed by atoms with Gasteiger partial charge in [0.2, 0.25) is 0 Å². The average molecular weight is 259 g/mol. The third-order valence-corrected chi connectivity index (χ3v) is 3.22. The molecule has 0 aromatic carbocycles. The second-order valence-electron chi connectivity index (χ2n) is 5.39. The maximum atomic E-state index is 6.00. The molecule has 0 aliphatic carbocycles. The molecule has 0 aromatic rings. The Morgan fingerprint density at radius 1 is 1.11 bits per heavy atom. The second kappa shape index (κ2) is 11.9. The van der Waals surface area contributed by atoms with Crippen LogP contribution in [0.1, 0.15) is 53.4 Å². The van der Waals surface area contributed by atoms with Crippen molar-refractivity contribution in [2.75, 3.05) is 26.9 Å². The zero-order chi connectivity index (χ0) is 13.8. The van der Waals surface area contributed by atoms with Gasteiger partial charge in [-0.05, 0) is 12.3 Å². The first-order valence-corrected chi connectivity index (χ1v) is 7.47. The molecule has 0 rings (SSSR count). The summed E-state index contributed by atoms with van der Waals surface area (Å²) in [7, 11) is 1.74. The fourth-order valence-corrected chi connectivity index (χ4v) is 1.89. The van der Waals surface area contributed by atoms with Gasteiger partial charge in [0, 0.05) is 26.3 Å². The zero-order valence-corrected chi connectivity index (χ0v) is 13.0. The smallest absolute Gasteiger partial charge is 0.0932 e. The van der Waals surface area contributed by atoms with Crippen molar-refractivity contribution in [1.29, 1.82) is 0 Å². The van der Waals surface area contributed by atoms with Gasteiger partial charge in [0.05, 0.1) is 12.7 Å². The largest absolute Gasteiger partial charge is 0.382 e. The molecule has 0 aromatic heterocycles. The topological polar surface area (TPSA) is 30.5 Å². The van der Waals surface area contributed by atoms with E-state index in [9.17, 15) is 0 Å². The number of rotatable bonds is 12. The molecule has 2 atom stereocenters. The quantitative estimate of drug-likeness (QED) is 0.584. The van der Waals surface area contributed by atoms with Crippen LogP contribution in [0.3, 0.4) is 0 Å². The van der Waals surface area contributed by atoms with Crippen LogP contribution >= 0.6 is 0 Å². The van der Waals surface area contributed by atoms with E-state index in [2.05, 4.69) is 33.0 Å². The Balaban J connectivity index is 3.90. The van der Waals surface area contributed by atoms with Crippen molar-refractivity contribution >= 4 is 0 Å². The number of methoxy groups -OCH3 is 1. The van der Waals surface area contributed by atoms with Gasteiger partial charge < -0.3 is 14.8 Å². The predicted molar refractivity (Wildman–Crippen MR) is 78.1 cm³/mol. The molecule has 0 saturated heterocycles. The molecule has 18 heavy (non-hydrogen) atoms. The van der Waals surface area contributed by atoms with Crippen molar-refractivity contribution in [3.05, 3.63) is 0 Å². The van der Waals surface area contributed by atoms with Crippen molar-refractivity contribution in [3.63, 3.8) is 0 Å². The van der Waals surface area contributed by atoms with E-state index in [4.69, 9.17) is 9.47 Å². The molecule has 0 bridgehead atoms. The minimum atomic E-state index is 0.174. The molecule has 2 unspecified atom stereocenters. The normalized spacial score (nSPS) is 15.0. The Morgan fingerprint density at radius 3 is 2.33 bits per heavy atom. The maximum absolute atomic E-state index is 6.00. The maximum Gasteiger partial charge on any atom is 0.0932 e. The van der Waals surface area contributed by atoms with Crippen LogP contribution in [0, 0.1) is 5.92 Å². The minimum Gasteiger partial charge on any atom is -0.382 e. The number of unbranched alkanes of at least 4 members (excludes halogenated alkanes) is 1. The molecule has 110 valence electrons. The third kappa shape index (κ3) is 9.86. The van der Waals surface area contributed by atoms with Crippen LogP contribution in [0.2, 0.25) is 0 Å². The Labute approximate surface area is 114 Å². The van der Waals surface area contributed by atoms with Crippen LogP contribution in [0.25, 0.3) is 0 Å². The Hall–Kier alpha value is -0.120. The molecule has 0 amide bonds. The lowest BCUT2D eigenvalue weighted by Crippen LogP contribution is -2.37. The molecule has 0 fully saturated rings. The van der Waals surface area contributed by atoms with E-state index in [0.29, 0.717) is 18.6 Å². The zero-order valence-electron chi connectivity index (χ0n) is 13.0. The Kier molecular flexibility index (Phi) is 11.9. The van der Waals surface area contributed by atoms with Crippen LogP contribution in [-0.2, 0) is 9.47 Å². The molecule has 0 radical (unpaired) electrons. The lowest BCUT2D eigenvalue weighted by molar-refractivity contribution is -0.0186. The van der Waals surface area contributed by atoms with E-state index in [1.54, 1.807) is 7.11 Å². The first-order chi connectivity index (χ1) is 8.63. The van der Waals surface area contributed by atoms with Gasteiger partial charge in [-0.3, -0.25) is 0 Å². The molecular weight excluding hydrogens is 226 g/mol. The minimum absolute atomic E-state index is 0.174. The fourth-order valence-electron chi connectivity index (χ4n) is 1.89. The molecule has 3 heteroatoms. The van der Waals surface area contributed by atoms with Gasteiger partial charge >= 0.3 is 0 Å². The van der Waals surface area contributed by atoms with Gasteiger partial charge in [-0.15, -0.1) is 0 Å². The van der Waals surface area contributed by atoms with Gasteiger partial charge in [-0.2, -0.15) is 0 Å². The van der Waals surface area contributed by atoms with Gasteiger partial charge in [-0.1, -0.05) is 47.0 Å². The van der Waals surface area contributed by atoms with Crippen LogP contribution in [0.4, 0.5) is 0 Å². The molecule has 1 N–H and O–H groups in total. The summed E-state index contributed by atoms with van der Waals surface area (Å²) in [6.45, 7) is 11.2. The number of nitrogens with one attached hydrogen (secondary N) is 1. The first-order valence-electron chi connectivity index (χ1n) is 7.47. The van der Waals surface area contributed by atoms with Gasteiger partial charge in [0.25, 0.3) is 0 Å². The number of hydrogen-bond donors (Lipinski definition) is 1. The highest BCUT2D eigenvalue weighted by molar-refractivity contribution is 4.65. The Morgan fingerprint density at radius 2 is 1.83 bits per heavy atom. The van der Waals surface area contributed by atoms with Gasteiger partial charge in [0.1, 0.15) is 0 Å². The Bertz CT molecular complexity index is 174. The average Bonchev–Trinajstić information content (AvgIpc) is 2.35. The fraction of sp³-hybridized carbons (Fsp3) is 1.00. The van der Waals surface area contributed by atoms with Crippen molar-refractivity contribution in [1.82, 2.24) is 5.32 Å². The number of hydrogen-bond acceptors (Lipinski definition) is 3. The summed E-state index contributed by atoms with van der Waals surface area (Å²) < 4.78 is 11.2. The highest BCUT2D eigenvalue weighted by Gasteiger charge is 2.13. The molecule has 0 spiro atoms. The van der Waals surface area contributed by atoms with E-state index >= 15 is 0 Å². The summed E-state index contributed by atoms with van der Waals surface area (Å²) in [6.07, 6.45) is 5.24. The monoisotopic (exact) mass is 259 g/mol. The highest BCUT2D eigenvalue weighted by Crippen LogP contribution is 2.13. The summed E-state index contributed by atoms with van der Waals surface area (Å²) in [4.78, 5) is 0. The van der Waals surface area contributed by atoms with E-state index in [1.807, 2.05) is 0 Å².